The molecule has 7 heteroatoms. The molecule has 2 amide bonds. The molecule has 3 rings (SSSR count). The number of hydrogen-bond acceptors (Lipinski definition) is 4. The molecule has 0 N–H and O–H groups in total. The fourth-order valence-corrected chi connectivity index (χ4v) is 3.96. The van der Waals surface area contributed by atoms with E-state index in [-0.39, 0.29) is 23.8 Å². The molecule has 2 bridgehead atoms. The molecule has 0 spiro atoms. The van der Waals surface area contributed by atoms with E-state index in [0.717, 1.165) is 12.1 Å². The summed E-state index contributed by atoms with van der Waals surface area (Å²) in [5.41, 5.74) is 1.08. The van der Waals surface area contributed by atoms with Gasteiger partial charge in [0.15, 0.2) is 0 Å². The Hall–Kier alpha value is -1.63. The Morgan fingerprint density at radius 1 is 1.22 bits per heavy atom. The van der Waals surface area contributed by atoms with E-state index in [1.165, 1.54) is 0 Å². The lowest BCUT2D eigenvalue weighted by Gasteiger charge is -2.31. The number of fused-ring (bicyclic) bond motifs is 3. The lowest BCUT2D eigenvalue weighted by molar-refractivity contribution is -0.133. The first-order valence-electron chi connectivity index (χ1n) is 9.46. The van der Waals surface area contributed by atoms with Gasteiger partial charge in [0.05, 0.1) is 25.8 Å². The van der Waals surface area contributed by atoms with Gasteiger partial charge in [0.1, 0.15) is 0 Å². The summed E-state index contributed by atoms with van der Waals surface area (Å²) in [5, 5.41) is 0.697. The summed E-state index contributed by atoms with van der Waals surface area (Å²) in [6.07, 6.45) is 1.15. The van der Waals surface area contributed by atoms with Crippen LogP contribution in [0.15, 0.2) is 24.3 Å². The highest BCUT2D eigenvalue weighted by atomic mass is 35.5. The molecule has 1 aromatic carbocycles. The van der Waals surface area contributed by atoms with Crippen LogP contribution in [0.2, 0.25) is 5.02 Å². The van der Waals surface area contributed by atoms with E-state index in [0.29, 0.717) is 50.7 Å². The topological polar surface area (TPSA) is 53.1 Å². The number of nitrogens with zero attached hydrogens (tertiary/aromatic N) is 3. The number of aryl methyl sites for hydroxylation is 1. The maximum Gasteiger partial charge on any atom is 0.236 e. The van der Waals surface area contributed by atoms with Crippen LogP contribution in [0, 0.1) is 5.92 Å². The first kappa shape index (κ1) is 20.1. The van der Waals surface area contributed by atoms with Gasteiger partial charge in [-0.3, -0.25) is 14.5 Å². The highest BCUT2D eigenvalue weighted by molar-refractivity contribution is 6.30. The number of carbonyl (C=O) groups is 2. The zero-order chi connectivity index (χ0) is 19.4. The molecule has 2 atom stereocenters. The number of amides is 2. The average Bonchev–Trinajstić information content (AvgIpc) is 2.89. The third kappa shape index (κ3) is 5.43. The van der Waals surface area contributed by atoms with Crippen LogP contribution in [0.5, 0.6) is 0 Å². The molecule has 0 aliphatic carbocycles. The molecule has 2 saturated heterocycles. The fraction of sp³-hybridized carbons (Fsp3) is 0.600. The number of likely N-dealkylation sites (N-methyl/N-ethyl adjacent to an activating group) is 1. The van der Waals surface area contributed by atoms with E-state index in [1.54, 1.807) is 19.0 Å². The van der Waals surface area contributed by atoms with Crippen molar-refractivity contribution in [1.82, 2.24) is 14.7 Å². The Morgan fingerprint density at radius 2 is 2.04 bits per heavy atom. The van der Waals surface area contributed by atoms with E-state index in [1.807, 2.05) is 29.2 Å². The first-order valence-corrected chi connectivity index (χ1v) is 9.84. The summed E-state index contributed by atoms with van der Waals surface area (Å²) in [6.45, 7) is 3.68. The molecule has 6 nitrogen and oxygen atoms in total. The van der Waals surface area contributed by atoms with Crippen molar-refractivity contribution in [1.29, 1.82) is 0 Å². The van der Waals surface area contributed by atoms with Crippen molar-refractivity contribution in [2.45, 2.75) is 18.9 Å². The minimum atomic E-state index is 0.0662. The molecular weight excluding hydrogens is 366 g/mol. The third-order valence-corrected chi connectivity index (χ3v) is 5.52. The minimum Gasteiger partial charge on any atom is -0.379 e. The quantitative estimate of drug-likeness (QED) is 0.761. The Bertz CT molecular complexity index is 682. The van der Waals surface area contributed by atoms with Crippen molar-refractivity contribution >= 4 is 23.4 Å². The van der Waals surface area contributed by atoms with Gasteiger partial charge in [-0.2, -0.15) is 0 Å². The number of ether oxygens (including phenoxy) is 1. The molecule has 0 unspecified atom stereocenters. The summed E-state index contributed by atoms with van der Waals surface area (Å²) in [6, 6.07) is 7.73. The van der Waals surface area contributed by atoms with Crippen molar-refractivity contribution in [3.63, 3.8) is 0 Å². The van der Waals surface area contributed by atoms with Gasteiger partial charge in [-0.05, 0) is 24.1 Å². The lowest BCUT2D eigenvalue weighted by atomic mass is 10.1. The van der Waals surface area contributed by atoms with E-state index >= 15 is 0 Å². The smallest absolute Gasteiger partial charge is 0.236 e. The monoisotopic (exact) mass is 393 g/mol. The van der Waals surface area contributed by atoms with Crippen molar-refractivity contribution in [2.75, 3.05) is 53.5 Å². The van der Waals surface area contributed by atoms with Gasteiger partial charge in [-0.25, -0.2) is 0 Å². The Morgan fingerprint density at radius 3 is 2.78 bits per heavy atom. The third-order valence-electron chi connectivity index (χ3n) is 5.29. The number of rotatable bonds is 5. The highest BCUT2D eigenvalue weighted by Crippen LogP contribution is 2.21. The van der Waals surface area contributed by atoms with E-state index in [9.17, 15) is 9.59 Å². The molecular formula is C20H28ClN3O3. The van der Waals surface area contributed by atoms with E-state index < -0.39 is 0 Å². The van der Waals surface area contributed by atoms with Crippen LogP contribution in [0.1, 0.15) is 12.0 Å². The number of carbonyl (C=O) groups excluding carboxylic acids is 2. The Balaban J connectivity index is 1.62. The summed E-state index contributed by atoms with van der Waals surface area (Å²) in [4.78, 5) is 30.8. The summed E-state index contributed by atoms with van der Waals surface area (Å²) in [7, 11) is 3.54. The second-order valence-corrected chi connectivity index (χ2v) is 8.14. The SMILES string of the molecule is CN(C)C(=O)CN1C[C@H]2COC[C@@H]1CN(C(=O)CCc1cccc(Cl)c1)C2. The minimum absolute atomic E-state index is 0.0662. The standard InChI is InChI=1S/C20H28ClN3O3/c1-22(2)20(26)12-23-9-16-10-24(11-18(23)14-27-13-16)19(25)7-6-15-4-3-5-17(21)8-15/h3-5,8,16,18H,6-7,9-14H2,1-2H3/t16-,18+/m1/s1. The zero-order valence-electron chi connectivity index (χ0n) is 16.1. The summed E-state index contributed by atoms with van der Waals surface area (Å²) < 4.78 is 5.79. The van der Waals surface area contributed by atoms with Crippen molar-refractivity contribution in [3.05, 3.63) is 34.9 Å². The molecule has 0 saturated carbocycles. The van der Waals surface area contributed by atoms with Crippen molar-refractivity contribution < 1.29 is 14.3 Å². The van der Waals surface area contributed by atoms with Crippen LogP contribution in [-0.4, -0.2) is 86.0 Å². The van der Waals surface area contributed by atoms with Crippen LogP contribution in [0.3, 0.4) is 0 Å². The molecule has 148 valence electrons. The molecule has 2 fully saturated rings. The van der Waals surface area contributed by atoms with Gasteiger partial charge in [-0.1, -0.05) is 23.7 Å². The van der Waals surface area contributed by atoms with Gasteiger partial charge in [0, 0.05) is 51.1 Å². The van der Waals surface area contributed by atoms with Crippen LogP contribution in [-0.2, 0) is 20.7 Å². The number of hydrogen-bond donors (Lipinski definition) is 0. The maximum atomic E-state index is 12.8. The molecule has 1 aromatic rings. The van der Waals surface area contributed by atoms with Crippen molar-refractivity contribution in [3.8, 4) is 0 Å². The van der Waals surface area contributed by atoms with Crippen molar-refractivity contribution in [2.24, 2.45) is 5.92 Å². The van der Waals surface area contributed by atoms with Gasteiger partial charge in [0.25, 0.3) is 0 Å². The predicted molar refractivity (Wildman–Crippen MR) is 105 cm³/mol. The van der Waals surface area contributed by atoms with Crippen LogP contribution >= 0.6 is 11.6 Å². The normalized spacial score (nSPS) is 23.0. The number of halogens is 1. The Kier molecular flexibility index (Phi) is 6.73. The highest BCUT2D eigenvalue weighted by Gasteiger charge is 2.35. The molecule has 0 aromatic heterocycles. The zero-order valence-corrected chi connectivity index (χ0v) is 16.8. The summed E-state index contributed by atoms with van der Waals surface area (Å²) >= 11 is 6.03. The van der Waals surface area contributed by atoms with Gasteiger partial charge >= 0.3 is 0 Å². The van der Waals surface area contributed by atoms with Gasteiger partial charge in [-0.15, -0.1) is 0 Å². The Labute approximate surface area is 166 Å². The number of benzene rings is 1. The molecule has 0 radical (unpaired) electrons. The van der Waals surface area contributed by atoms with E-state index in [4.69, 9.17) is 16.3 Å². The average molecular weight is 394 g/mol. The lowest BCUT2D eigenvalue weighted by Crippen LogP contribution is -2.48. The maximum absolute atomic E-state index is 12.8. The molecule has 2 aliphatic heterocycles. The largest absolute Gasteiger partial charge is 0.379 e. The van der Waals surface area contributed by atoms with E-state index in [2.05, 4.69) is 4.90 Å². The summed E-state index contributed by atoms with van der Waals surface area (Å²) in [5.74, 6) is 0.483. The molecule has 2 heterocycles. The molecule has 2 aliphatic rings. The van der Waals surface area contributed by atoms with Gasteiger partial charge in [0.2, 0.25) is 11.8 Å². The second kappa shape index (κ2) is 9.04. The van der Waals surface area contributed by atoms with Crippen LogP contribution < -0.4 is 0 Å². The second-order valence-electron chi connectivity index (χ2n) is 7.70. The van der Waals surface area contributed by atoms with Crippen LogP contribution in [0.4, 0.5) is 0 Å². The van der Waals surface area contributed by atoms with Crippen LogP contribution in [0.25, 0.3) is 0 Å². The predicted octanol–water partition coefficient (Wildman–Crippen LogP) is 1.52. The van der Waals surface area contributed by atoms with Gasteiger partial charge < -0.3 is 14.5 Å². The molecule has 27 heavy (non-hydrogen) atoms. The first-order chi connectivity index (χ1) is 12.9. The fourth-order valence-electron chi connectivity index (χ4n) is 3.74.